The maximum atomic E-state index is 10.2. The summed E-state index contributed by atoms with van der Waals surface area (Å²) in [5.41, 5.74) is 0. The molecule has 5 nitrogen and oxygen atoms in total. The number of nitrogens with zero attached hydrogens (tertiary/aromatic N) is 1. The first-order valence-corrected chi connectivity index (χ1v) is 2.26. The van der Waals surface area contributed by atoms with Crippen LogP contribution in [0.4, 0.5) is 0 Å². The first-order chi connectivity index (χ1) is 3.72. The van der Waals surface area contributed by atoms with Crippen molar-refractivity contribution in [1.82, 2.24) is 11.2 Å². The van der Waals surface area contributed by atoms with E-state index in [1.807, 2.05) is 0 Å². The molecule has 52 valence electrons. The molecule has 5 heteroatoms. The van der Waals surface area contributed by atoms with Gasteiger partial charge in [0.25, 0.3) is 11.8 Å². The van der Waals surface area contributed by atoms with Crippen molar-refractivity contribution in [2.45, 2.75) is 12.8 Å². The molecular formula is C4H9N2O3+. The zero-order chi connectivity index (χ0) is 6.15. The number of rotatable bonds is 0. The number of imide groups is 1. The molecule has 0 aromatic carbocycles. The third-order valence-electron chi connectivity index (χ3n) is 1.03. The Morgan fingerprint density at radius 1 is 1.22 bits per heavy atom. The molecule has 1 fully saturated rings. The molecule has 1 saturated heterocycles. The summed E-state index contributed by atoms with van der Waals surface area (Å²) in [7, 11) is 0. The standard InChI is InChI=1S/C4H5NO3.H3N/c6-3-1-2-4(7)5(3)8;/h8H,1-2H2;1H3/p+1. The fourth-order valence-electron chi connectivity index (χ4n) is 0.565. The van der Waals surface area contributed by atoms with E-state index in [0.29, 0.717) is 0 Å². The van der Waals surface area contributed by atoms with E-state index in [1.165, 1.54) is 0 Å². The Balaban J connectivity index is 0.000000640. The summed E-state index contributed by atoms with van der Waals surface area (Å²) >= 11 is 0. The lowest BCUT2D eigenvalue weighted by Gasteiger charge is -1.98. The Bertz CT molecular complexity index is 129. The molecule has 0 unspecified atom stereocenters. The van der Waals surface area contributed by atoms with Crippen LogP contribution in [0.5, 0.6) is 0 Å². The molecule has 1 aliphatic rings. The predicted molar refractivity (Wildman–Crippen MR) is 28.9 cm³/mol. The van der Waals surface area contributed by atoms with Gasteiger partial charge in [0.1, 0.15) is 0 Å². The maximum Gasteiger partial charge on any atom is 0.253 e. The summed E-state index contributed by atoms with van der Waals surface area (Å²) in [5.74, 6) is -1.01. The summed E-state index contributed by atoms with van der Waals surface area (Å²) in [6.07, 6.45) is 0.296. The van der Waals surface area contributed by atoms with Crippen LogP contribution in [0.2, 0.25) is 0 Å². The van der Waals surface area contributed by atoms with Gasteiger partial charge in [-0.3, -0.25) is 14.8 Å². The van der Waals surface area contributed by atoms with Crippen LogP contribution in [0.15, 0.2) is 0 Å². The van der Waals surface area contributed by atoms with E-state index in [0.717, 1.165) is 0 Å². The molecule has 0 aromatic rings. The maximum absolute atomic E-state index is 10.2. The van der Waals surface area contributed by atoms with E-state index in [-0.39, 0.29) is 24.1 Å². The molecule has 9 heavy (non-hydrogen) atoms. The Hall–Kier alpha value is -0.940. The van der Waals surface area contributed by atoms with Gasteiger partial charge < -0.3 is 6.15 Å². The summed E-state index contributed by atoms with van der Waals surface area (Å²) in [6.45, 7) is 0. The van der Waals surface area contributed by atoms with Gasteiger partial charge >= 0.3 is 0 Å². The minimum Gasteiger partial charge on any atom is -0.369 e. The second-order valence-electron chi connectivity index (χ2n) is 1.60. The molecular weight excluding hydrogens is 124 g/mol. The van der Waals surface area contributed by atoms with Gasteiger partial charge in [-0.15, -0.1) is 0 Å². The van der Waals surface area contributed by atoms with Gasteiger partial charge in [-0.1, -0.05) is 0 Å². The Labute approximate surface area is 51.8 Å². The fraction of sp³-hybridized carbons (Fsp3) is 0.500. The van der Waals surface area contributed by atoms with Crippen LogP contribution in [0.25, 0.3) is 0 Å². The van der Waals surface area contributed by atoms with Crippen LogP contribution in [0, 0.1) is 0 Å². The van der Waals surface area contributed by atoms with E-state index in [1.54, 1.807) is 0 Å². The van der Waals surface area contributed by atoms with Gasteiger partial charge in [-0.05, 0) is 0 Å². The lowest BCUT2D eigenvalue weighted by atomic mass is 10.4. The minimum atomic E-state index is -0.505. The monoisotopic (exact) mass is 133 g/mol. The summed E-state index contributed by atoms with van der Waals surface area (Å²) < 4.78 is 0. The Kier molecular flexibility index (Phi) is 2.29. The zero-order valence-electron chi connectivity index (χ0n) is 5.13. The number of carbonyl (C=O) groups excluding carboxylic acids is 2. The summed E-state index contributed by atoms with van der Waals surface area (Å²) in [6, 6.07) is 0. The van der Waals surface area contributed by atoms with Crippen LogP contribution in [-0.4, -0.2) is 22.1 Å². The molecule has 0 spiro atoms. The highest BCUT2D eigenvalue weighted by Crippen LogP contribution is 2.06. The number of quaternary nitrogens is 1. The topological polar surface area (TPSA) is 94.1 Å². The molecule has 0 saturated carbocycles. The number of carbonyl (C=O) groups is 2. The van der Waals surface area contributed by atoms with Gasteiger partial charge in [0.2, 0.25) is 0 Å². The Morgan fingerprint density at radius 3 is 1.67 bits per heavy atom. The lowest BCUT2D eigenvalue weighted by molar-refractivity contribution is -0.171. The lowest BCUT2D eigenvalue weighted by Crippen LogP contribution is -2.24. The third-order valence-corrected chi connectivity index (χ3v) is 1.03. The first kappa shape index (κ1) is 8.06. The van der Waals surface area contributed by atoms with Crippen LogP contribution in [0.1, 0.15) is 12.8 Å². The van der Waals surface area contributed by atoms with Crippen LogP contribution in [0.3, 0.4) is 0 Å². The second kappa shape index (κ2) is 2.56. The van der Waals surface area contributed by atoms with Gasteiger partial charge in [0, 0.05) is 12.8 Å². The minimum absolute atomic E-state index is 0. The van der Waals surface area contributed by atoms with Crippen molar-refractivity contribution >= 4 is 11.8 Å². The predicted octanol–water partition coefficient (Wildman–Crippen LogP) is -0.0992. The second-order valence-corrected chi connectivity index (χ2v) is 1.60. The van der Waals surface area contributed by atoms with Crippen molar-refractivity contribution in [3.63, 3.8) is 0 Å². The van der Waals surface area contributed by atoms with E-state index in [4.69, 9.17) is 5.21 Å². The van der Waals surface area contributed by atoms with Gasteiger partial charge in [-0.2, -0.15) is 5.06 Å². The average molecular weight is 133 g/mol. The third kappa shape index (κ3) is 1.24. The summed E-state index contributed by atoms with van der Waals surface area (Å²) in [5, 5.41) is 8.57. The van der Waals surface area contributed by atoms with Gasteiger partial charge in [-0.25, -0.2) is 0 Å². The smallest absolute Gasteiger partial charge is 0.253 e. The number of hydroxylamine groups is 2. The van der Waals surface area contributed by atoms with Crippen LogP contribution >= 0.6 is 0 Å². The van der Waals surface area contributed by atoms with Crippen molar-refractivity contribution < 1.29 is 14.8 Å². The van der Waals surface area contributed by atoms with Crippen molar-refractivity contribution in [2.24, 2.45) is 0 Å². The normalized spacial score (nSPS) is 18.1. The first-order valence-electron chi connectivity index (χ1n) is 2.26. The molecule has 1 aliphatic heterocycles. The number of hydrogen-bond acceptors (Lipinski definition) is 3. The van der Waals surface area contributed by atoms with E-state index in [9.17, 15) is 9.59 Å². The molecule has 5 N–H and O–H groups in total. The highest BCUT2D eigenvalue weighted by molar-refractivity contribution is 6.00. The van der Waals surface area contributed by atoms with Crippen molar-refractivity contribution in [3.05, 3.63) is 0 Å². The van der Waals surface area contributed by atoms with Crippen LogP contribution in [-0.2, 0) is 9.59 Å². The van der Waals surface area contributed by atoms with Crippen LogP contribution < -0.4 is 6.15 Å². The Morgan fingerprint density at radius 2 is 1.56 bits per heavy atom. The SMILES string of the molecule is O=C1CCC(=O)N1O.[NH4+]. The molecule has 0 atom stereocenters. The fourth-order valence-corrected chi connectivity index (χ4v) is 0.565. The molecule has 0 bridgehead atoms. The van der Waals surface area contributed by atoms with Crippen molar-refractivity contribution in [2.75, 3.05) is 0 Å². The number of amides is 2. The molecule has 1 rings (SSSR count). The summed E-state index contributed by atoms with van der Waals surface area (Å²) in [4.78, 5) is 20.5. The quantitative estimate of drug-likeness (QED) is 0.357. The van der Waals surface area contributed by atoms with E-state index >= 15 is 0 Å². The zero-order valence-corrected chi connectivity index (χ0v) is 5.13. The van der Waals surface area contributed by atoms with E-state index < -0.39 is 11.8 Å². The molecule has 1 heterocycles. The van der Waals surface area contributed by atoms with Gasteiger partial charge in [0.15, 0.2) is 0 Å². The van der Waals surface area contributed by atoms with Crippen molar-refractivity contribution in [1.29, 1.82) is 0 Å². The van der Waals surface area contributed by atoms with Gasteiger partial charge in [0.05, 0.1) is 0 Å². The molecule has 2 amide bonds. The number of hydrogen-bond donors (Lipinski definition) is 2. The van der Waals surface area contributed by atoms with E-state index in [2.05, 4.69) is 0 Å². The highest BCUT2D eigenvalue weighted by Gasteiger charge is 2.26. The van der Waals surface area contributed by atoms with Crippen molar-refractivity contribution in [3.8, 4) is 0 Å². The largest absolute Gasteiger partial charge is 0.369 e. The highest BCUT2D eigenvalue weighted by atomic mass is 16.5. The molecule has 0 aromatic heterocycles. The molecule has 0 aliphatic carbocycles. The average Bonchev–Trinajstić information content (AvgIpc) is 1.98. The molecule has 0 radical (unpaired) electrons.